The number of benzene rings is 1. The van der Waals surface area contributed by atoms with Crippen LogP contribution < -0.4 is 0 Å². The first-order valence-corrected chi connectivity index (χ1v) is 5.52. The van der Waals surface area contributed by atoms with Gasteiger partial charge >= 0.3 is 0 Å². The van der Waals surface area contributed by atoms with Crippen molar-refractivity contribution >= 4 is 0 Å². The number of hydrogen-bond acceptors (Lipinski definition) is 2. The first kappa shape index (κ1) is 12.3. The van der Waals surface area contributed by atoms with Crippen molar-refractivity contribution in [2.75, 3.05) is 0 Å². The molecule has 0 aliphatic heterocycles. The highest BCUT2D eigenvalue weighted by molar-refractivity contribution is 5.28. The van der Waals surface area contributed by atoms with Crippen LogP contribution in [-0.2, 0) is 0 Å². The zero-order valence-electron chi connectivity index (χ0n) is 9.77. The van der Waals surface area contributed by atoms with E-state index in [4.69, 9.17) is 10.5 Å². The van der Waals surface area contributed by atoms with Crippen molar-refractivity contribution in [3.05, 3.63) is 35.4 Å². The molecular formula is C14H16N2. The average molecular weight is 212 g/mol. The SMILES string of the molecule is CC(C)c1ccc(C(CC#N)CC#N)cc1. The maximum absolute atomic E-state index is 8.71. The van der Waals surface area contributed by atoms with E-state index >= 15 is 0 Å². The molecule has 0 radical (unpaired) electrons. The Morgan fingerprint density at radius 1 is 0.938 bits per heavy atom. The van der Waals surface area contributed by atoms with Crippen molar-refractivity contribution in [2.24, 2.45) is 0 Å². The lowest BCUT2D eigenvalue weighted by Gasteiger charge is -2.12. The summed E-state index contributed by atoms with van der Waals surface area (Å²) in [5.74, 6) is 0.565. The molecule has 0 atom stereocenters. The molecule has 1 rings (SSSR count). The molecule has 16 heavy (non-hydrogen) atoms. The van der Waals surface area contributed by atoms with Crippen molar-refractivity contribution in [1.82, 2.24) is 0 Å². The van der Waals surface area contributed by atoms with Crippen molar-refractivity contribution < 1.29 is 0 Å². The quantitative estimate of drug-likeness (QED) is 0.763. The average Bonchev–Trinajstić information content (AvgIpc) is 2.29. The molecule has 0 N–H and O–H groups in total. The minimum atomic E-state index is 0.0520. The van der Waals surface area contributed by atoms with Gasteiger partial charge in [0.05, 0.1) is 12.1 Å². The molecule has 0 aliphatic carbocycles. The van der Waals surface area contributed by atoms with Crippen LogP contribution in [0.4, 0.5) is 0 Å². The zero-order valence-corrected chi connectivity index (χ0v) is 9.77. The van der Waals surface area contributed by atoms with Gasteiger partial charge in [-0.1, -0.05) is 38.1 Å². The molecule has 0 bridgehead atoms. The third kappa shape index (κ3) is 3.11. The monoisotopic (exact) mass is 212 g/mol. The number of nitrogens with zero attached hydrogens (tertiary/aromatic N) is 2. The van der Waals surface area contributed by atoms with Crippen molar-refractivity contribution in [3.8, 4) is 12.1 Å². The lowest BCUT2D eigenvalue weighted by molar-refractivity contribution is 0.724. The van der Waals surface area contributed by atoms with Gasteiger partial charge in [-0.15, -0.1) is 0 Å². The first-order valence-electron chi connectivity index (χ1n) is 5.52. The van der Waals surface area contributed by atoms with Gasteiger partial charge in [0.15, 0.2) is 0 Å². The van der Waals surface area contributed by atoms with Crippen LogP contribution in [0.1, 0.15) is 49.7 Å². The normalized spacial score (nSPS) is 10.1. The third-order valence-corrected chi connectivity index (χ3v) is 2.75. The Balaban J connectivity index is 2.86. The smallest absolute Gasteiger partial charge is 0.0628 e. The molecule has 0 unspecified atom stereocenters. The third-order valence-electron chi connectivity index (χ3n) is 2.75. The summed E-state index contributed by atoms with van der Waals surface area (Å²) in [4.78, 5) is 0. The molecule has 0 aliphatic rings. The van der Waals surface area contributed by atoms with E-state index in [0.717, 1.165) is 5.56 Å². The van der Waals surface area contributed by atoms with Gasteiger partial charge in [-0.2, -0.15) is 10.5 Å². The Morgan fingerprint density at radius 2 is 1.38 bits per heavy atom. The Morgan fingerprint density at radius 3 is 1.75 bits per heavy atom. The summed E-state index contributed by atoms with van der Waals surface area (Å²) < 4.78 is 0. The molecule has 0 fully saturated rings. The molecule has 0 aromatic heterocycles. The Bertz CT molecular complexity index is 388. The molecule has 0 saturated heterocycles. The highest BCUT2D eigenvalue weighted by atomic mass is 14.3. The molecular weight excluding hydrogens is 196 g/mol. The van der Waals surface area contributed by atoms with E-state index in [1.54, 1.807) is 0 Å². The summed E-state index contributed by atoms with van der Waals surface area (Å²) in [6.45, 7) is 4.30. The summed E-state index contributed by atoms with van der Waals surface area (Å²) in [6.07, 6.45) is 0.823. The molecule has 0 amide bonds. The number of rotatable bonds is 4. The van der Waals surface area contributed by atoms with Crippen LogP contribution in [0, 0.1) is 22.7 Å². The van der Waals surface area contributed by atoms with Crippen molar-refractivity contribution in [3.63, 3.8) is 0 Å². The van der Waals surface area contributed by atoms with Gasteiger partial charge in [0.2, 0.25) is 0 Å². The largest absolute Gasteiger partial charge is 0.198 e. The standard InChI is InChI=1S/C14H16N2/c1-11(2)12-3-5-13(6-4-12)14(7-9-15)8-10-16/h3-6,11,14H,7-8H2,1-2H3. The van der Waals surface area contributed by atoms with Crippen LogP contribution in [0.5, 0.6) is 0 Å². The predicted octanol–water partition coefficient (Wildman–Crippen LogP) is 3.72. The van der Waals surface area contributed by atoms with E-state index in [-0.39, 0.29) is 5.92 Å². The van der Waals surface area contributed by atoms with E-state index in [9.17, 15) is 0 Å². The summed E-state index contributed by atoms with van der Waals surface area (Å²) in [5, 5.41) is 17.4. The molecule has 0 heterocycles. The van der Waals surface area contributed by atoms with Gasteiger partial charge in [-0.3, -0.25) is 0 Å². The van der Waals surface area contributed by atoms with Gasteiger partial charge in [0.25, 0.3) is 0 Å². The van der Waals surface area contributed by atoms with Gasteiger partial charge in [-0.05, 0) is 17.0 Å². The molecule has 82 valence electrons. The number of hydrogen-bond donors (Lipinski definition) is 0. The molecule has 2 nitrogen and oxygen atoms in total. The van der Waals surface area contributed by atoms with Crippen molar-refractivity contribution in [1.29, 1.82) is 10.5 Å². The second-order valence-corrected chi connectivity index (χ2v) is 4.24. The van der Waals surface area contributed by atoms with Crippen molar-refractivity contribution in [2.45, 2.75) is 38.5 Å². The highest BCUT2D eigenvalue weighted by Crippen LogP contribution is 2.24. The molecule has 2 heteroatoms. The van der Waals surface area contributed by atoms with Crippen LogP contribution in [0.2, 0.25) is 0 Å². The van der Waals surface area contributed by atoms with E-state index in [1.165, 1.54) is 5.56 Å². The minimum absolute atomic E-state index is 0.0520. The summed E-state index contributed by atoms with van der Waals surface area (Å²) in [6, 6.07) is 12.5. The first-order chi connectivity index (χ1) is 7.69. The van der Waals surface area contributed by atoms with Gasteiger partial charge in [0, 0.05) is 18.8 Å². The van der Waals surface area contributed by atoms with Gasteiger partial charge < -0.3 is 0 Å². The van der Waals surface area contributed by atoms with Gasteiger partial charge in [-0.25, -0.2) is 0 Å². The van der Waals surface area contributed by atoms with Crippen LogP contribution in [0.3, 0.4) is 0 Å². The van der Waals surface area contributed by atoms with Crippen LogP contribution in [-0.4, -0.2) is 0 Å². The van der Waals surface area contributed by atoms with Crippen LogP contribution in [0.25, 0.3) is 0 Å². The van der Waals surface area contributed by atoms with E-state index < -0.39 is 0 Å². The second kappa shape index (κ2) is 5.93. The zero-order chi connectivity index (χ0) is 12.0. The summed E-state index contributed by atoms with van der Waals surface area (Å²) in [5.41, 5.74) is 2.38. The minimum Gasteiger partial charge on any atom is -0.198 e. The van der Waals surface area contributed by atoms with Crippen LogP contribution in [0.15, 0.2) is 24.3 Å². The Hall–Kier alpha value is -1.80. The fourth-order valence-corrected chi connectivity index (χ4v) is 1.68. The number of nitriles is 2. The lowest BCUT2D eigenvalue weighted by atomic mass is 9.91. The Kier molecular flexibility index (Phi) is 4.55. The Labute approximate surface area is 97.1 Å². The molecule has 1 aromatic carbocycles. The fourth-order valence-electron chi connectivity index (χ4n) is 1.68. The highest BCUT2D eigenvalue weighted by Gasteiger charge is 2.11. The predicted molar refractivity (Wildman–Crippen MR) is 63.7 cm³/mol. The topological polar surface area (TPSA) is 47.6 Å². The maximum atomic E-state index is 8.71. The lowest BCUT2D eigenvalue weighted by Crippen LogP contribution is -1.97. The summed E-state index contributed by atoms with van der Waals surface area (Å²) in [7, 11) is 0. The molecule has 1 aromatic rings. The summed E-state index contributed by atoms with van der Waals surface area (Å²) >= 11 is 0. The second-order valence-electron chi connectivity index (χ2n) is 4.24. The molecule has 0 spiro atoms. The van der Waals surface area contributed by atoms with E-state index in [0.29, 0.717) is 18.8 Å². The van der Waals surface area contributed by atoms with E-state index in [1.807, 2.05) is 12.1 Å². The van der Waals surface area contributed by atoms with Gasteiger partial charge in [0.1, 0.15) is 0 Å². The van der Waals surface area contributed by atoms with Crippen LogP contribution >= 0.6 is 0 Å². The fraction of sp³-hybridized carbons (Fsp3) is 0.429. The maximum Gasteiger partial charge on any atom is 0.0628 e. The van der Waals surface area contributed by atoms with E-state index in [2.05, 4.69) is 38.1 Å². The molecule has 0 saturated carbocycles.